The van der Waals surface area contributed by atoms with Gasteiger partial charge in [0.05, 0.1) is 11.4 Å². The molecule has 1 aliphatic rings. The summed E-state index contributed by atoms with van der Waals surface area (Å²) in [6.07, 6.45) is 5.01. The fourth-order valence-corrected chi connectivity index (χ4v) is 3.04. The first-order valence-corrected chi connectivity index (χ1v) is 7.30. The molecule has 0 aliphatic carbocycles. The molecule has 0 radical (unpaired) electrons. The van der Waals surface area contributed by atoms with E-state index in [9.17, 15) is 0 Å². The lowest BCUT2D eigenvalue weighted by atomic mass is 9.92. The Hall–Kier alpha value is -1.00. The van der Waals surface area contributed by atoms with Gasteiger partial charge in [-0.3, -0.25) is 14.9 Å². The van der Waals surface area contributed by atoms with Gasteiger partial charge in [-0.05, 0) is 39.4 Å². The summed E-state index contributed by atoms with van der Waals surface area (Å²) in [5, 5.41) is 0. The van der Waals surface area contributed by atoms with E-state index in [2.05, 4.69) is 40.7 Å². The molecule has 1 fully saturated rings. The highest BCUT2D eigenvalue weighted by molar-refractivity contribution is 5.01. The van der Waals surface area contributed by atoms with Gasteiger partial charge in [0.2, 0.25) is 0 Å². The molecule has 1 aliphatic heterocycles. The lowest BCUT2D eigenvalue weighted by Crippen LogP contribution is -2.48. The zero-order valence-electron chi connectivity index (χ0n) is 12.6. The minimum Gasteiger partial charge on any atom is -0.303 e. The monoisotopic (exact) mass is 262 g/mol. The number of hydrogen-bond donors (Lipinski definition) is 0. The number of aromatic nitrogens is 2. The van der Waals surface area contributed by atoms with Crippen molar-refractivity contribution in [2.75, 3.05) is 26.7 Å². The van der Waals surface area contributed by atoms with Crippen LogP contribution < -0.4 is 0 Å². The maximum absolute atomic E-state index is 4.45. The molecule has 2 heterocycles. The highest BCUT2D eigenvalue weighted by Crippen LogP contribution is 2.22. The van der Waals surface area contributed by atoms with Crippen LogP contribution in [0.5, 0.6) is 0 Å². The molecule has 0 bridgehead atoms. The third-order valence-corrected chi connectivity index (χ3v) is 4.20. The van der Waals surface area contributed by atoms with Crippen molar-refractivity contribution in [1.82, 2.24) is 19.8 Å². The highest BCUT2D eigenvalue weighted by Gasteiger charge is 2.28. The minimum atomic E-state index is 0.658. The second-order valence-electron chi connectivity index (χ2n) is 5.79. The van der Waals surface area contributed by atoms with Crippen molar-refractivity contribution < 1.29 is 0 Å². The van der Waals surface area contributed by atoms with E-state index in [-0.39, 0.29) is 0 Å². The van der Waals surface area contributed by atoms with Gasteiger partial charge < -0.3 is 4.90 Å². The Balaban J connectivity index is 1.92. The number of piperidine rings is 1. The maximum Gasteiger partial charge on any atom is 0.0727 e. The molecular weight excluding hydrogens is 236 g/mol. The second-order valence-corrected chi connectivity index (χ2v) is 5.79. The minimum absolute atomic E-state index is 0.658. The van der Waals surface area contributed by atoms with E-state index in [1.54, 1.807) is 0 Å². The molecule has 1 aromatic rings. The Labute approximate surface area is 116 Å². The summed E-state index contributed by atoms with van der Waals surface area (Å²) in [5.74, 6) is 0.720. The summed E-state index contributed by atoms with van der Waals surface area (Å²) in [4.78, 5) is 13.8. The number of hydrogen-bond acceptors (Lipinski definition) is 4. The molecule has 4 nitrogen and oxygen atoms in total. The first-order chi connectivity index (χ1) is 9.10. The van der Waals surface area contributed by atoms with Crippen LogP contribution in [0.3, 0.4) is 0 Å². The standard InChI is InChI=1S/C15H26N4/c1-5-19-7-6-15(12(2)10-19)18(4)11-14-9-16-13(3)8-17-14/h8-9,12,15H,5-7,10-11H2,1-4H3/t12-,15+/m0/s1. The summed E-state index contributed by atoms with van der Waals surface area (Å²) in [5.41, 5.74) is 2.05. The number of aryl methyl sites for hydroxylation is 1. The average molecular weight is 262 g/mol. The topological polar surface area (TPSA) is 32.3 Å². The van der Waals surface area contributed by atoms with E-state index in [4.69, 9.17) is 0 Å². The van der Waals surface area contributed by atoms with Gasteiger partial charge in [-0.15, -0.1) is 0 Å². The first-order valence-electron chi connectivity index (χ1n) is 7.30. The lowest BCUT2D eigenvalue weighted by Gasteiger charge is -2.40. The Morgan fingerprint density at radius 1 is 1.37 bits per heavy atom. The van der Waals surface area contributed by atoms with Crippen molar-refractivity contribution in [3.63, 3.8) is 0 Å². The summed E-state index contributed by atoms with van der Waals surface area (Å²) in [6.45, 7) is 11.1. The van der Waals surface area contributed by atoms with Crippen molar-refractivity contribution in [2.24, 2.45) is 5.92 Å². The quantitative estimate of drug-likeness (QED) is 0.830. The molecule has 19 heavy (non-hydrogen) atoms. The van der Waals surface area contributed by atoms with Gasteiger partial charge >= 0.3 is 0 Å². The van der Waals surface area contributed by atoms with Gasteiger partial charge in [-0.1, -0.05) is 13.8 Å². The highest BCUT2D eigenvalue weighted by atomic mass is 15.2. The third kappa shape index (κ3) is 3.74. The van der Waals surface area contributed by atoms with Crippen LogP contribution >= 0.6 is 0 Å². The van der Waals surface area contributed by atoms with E-state index < -0.39 is 0 Å². The van der Waals surface area contributed by atoms with E-state index in [0.717, 1.165) is 23.9 Å². The first kappa shape index (κ1) is 14.4. The Kier molecular flexibility index (Phi) is 4.88. The fourth-order valence-electron chi connectivity index (χ4n) is 3.04. The van der Waals surface area contributed by atoms with Gasteiger partial charge in [0, 0.05) is 31.5 Å². The fraction of sp³-hybridized carbons (Fsp3) is 0.733. The molecule has 4 heteroatoms. The predicted molar refractivity (Wildman–Crippen MR) is 77.9 cm³/mol. The maximum atomic E-state index is 4.45. The summed E-state index contributed by atoms with van der Waals surface area (Å²) in [6, 6.07) is 0.658. The lowest BCUT2D eigenvalue weighted by molar-refractivity contribution is 0.0779. The number of nitrogens with zero attached hydrogens (tertiary/aromatic N) is 4. The smallest absolute Gasteiger partial charge is 0.0727 e. The Morgan fingerprint density at radius 3 is 2.74 bits per heavy atom. The largest absolute Gasteiger partial charge is 0.303 e. The molecular formula is C15H26N4. The summed E-state index contributed by atoms with van der Waals surface area (Å²) in [7, 11) is 2.21. The molecule has 0 spiro atoms. The van der Waals surface area contributed by atoms with Crippen LogP contribution in [0.25, 0.3) is 0 Å². The summed E-state index contributed by atoms with van der Waals surface area (Å²) < 4.78 is 0. The second kappa shape index (κ2) is 6.44. The van der Waals surface area contributed by atoms with Crippen LogP contribution in [0.15, 0.2) is 12.4 Å². The summed E-state index contributed by atoms with van der Waals surface area (Å²) >= 11 is 0. The normalized spacial score (nSPS) is 24.9. The third-order valence-electron chi connectivity index (χ3n) is 4.20. The van der Waals surface area contributed by atoms with E-state index >= 15 is 0 Å². The molecule has 0 amide bonds. The van der Waals surface area contributed by atoms with Crippen LogP contribution in [0.4, 0.5) is 0 Å². The number of likely N-dealkylation sites (tertiary alicyclic amines) is 1. The molecule has 0 aromatic carbocycles. The van der Waals surface area contributed by atoms with Crippen LogP contribution in [-0.2, 0) is 6.54 Å². The Bertz CT molecular complexity index is 390. The molecule has 2 rings (SSSR count). The zero-order valence-corrected chi connectivity index (χ0v) is 12.6. The van der Waals surface area contributed by atoms with Crippen molar-refractivity contribution in [3.05, 3.63) is 23.8 Å². The van der Waals surface area contributed by atoms with Gasteiger partial charge in [0.15, 0.2) is 0 Å². The van der Waals surface area contributed by atoms with E-state index in [0.29, 0.717) is 6.04 Å². The molecule has 1 aromatic heterocycles. The van der Waals surface area contributed by atoms with Gasteiger partial charge in [0.25, 0.3) is 0 Å². The van der Waals surface area contributed by atoms with Crippen molar-refractivity contribution >= 4 is 0 Å². The molecule has 0 N–H and O–H groups in total. The number of rotatable bonds is 4. The molecule has 2 atom stereocenters. The molecule has 0 saturated carbocycles. The van der Waals surface area contributed by atoms with Crippen molar-refractivity contribution in [2.45, 2.75) is 39.8 Å². The average Bonchev–Trinajstić information content (AvgIpc) is 2.41. The Morgan fingerprint density at radius 2 is 2.16 bits per heavy atom. The van der Waals surface area contributed by atoms with Gasteiger partial charge in [-0.2, -0.15) is 0 Å². The SMILES string of the molecule is CCN1CC[C@@H](N(C)Cc2cnc(C)cn2)[C@@H](C)C1. The van der Waals surface area contributed by atoms with Crippen LogP contribution in [0.2, 0.25) is 0 Å². The van der Waals surface area contributed by atoms with Gasteiger partial charge in [-0.25, -0.2) is 0 Å². The molecule has 1 saturated heterocycles. The van der Waals surface area contributed by atoms with Crippen LogP contribution in [-0.4, -0.2) is 52.5 Å². The van der Waals surface area contributed by atoms with E-state index in [1.807, 2.05) is 19.3 Å². The van der Waals surface area contributed by atoms with Crippen molar-refractivity contribution in [3.8, 4) is 0 Å². The molecule has 106 valence electrons. The predicted octanol–water partition coefficient (Wildman–Crippen LogP) is 1.95. The van der Waals surface area contributed by atoms with Crippen molar-refractivity contribution in [1.29, 1.82) is 0 Å². The van der Waals surface area contributed by atoms with Crippen LogP contribution in [0, 0.1) is 12.8 Å². The van der Waals surface area contributed by atoms with E-state index in [1.165, 1.54) is 26.1 Å². The zero-order chi connectivity index (χ0) is 13.8. The molecule has 0 unspecified atom stereocenters. The van der Waals surface area contributed by atoms with Gasteiger partial charge in [0.1, 0.15) is 0 Å². The van der Waals surface area contributed by atoms with Crippen LogP contribution in [0.1, 0.15) is 31.7 Å².